The molecule has 0 saturated heterocycles. The van der Waals surface area contributed by atoms with Crippen molar-refractivity contribution in [3.8, 4) is 6.07 Å². The first-order chi connectivity index (χ1) is 9.10. The van der Waals surface area contributed by atoms with Gasteiger partial charge in [-0.15, -0.1) is 0 Å². The average molecular weight is 252 g/mol. The van der Waals surface area contributed by atoms with Crippen molar-refractivity contribution in [1.29, 1.82) is 5.26 Å². The molecule has 94 valence electrons. The number of rotatable bonds is 2. The van der Waals surface area contributed by atoms with Crippen LogP contribution in [0.5, 0.6) is 0 Å². The summed E-state index contributed by atoms with van der Waals surface area (Å²) in [5, 5.41) is 11.7. The van der Waals surface area contributed by atoms with Crippen LogP contribution in [0.15, 0.2) is 36.7 Å². The summed E-state index contributed by atoms with van der Waals surface area (Å²) in [6.07, 6.45) is 3.15. The molecule has 0 atom stereocenters. The normalized spacial score (nSPS) is 9.68. The zero-order chi connectivity index (χ0) is 13.8. The molecule has 1 aromatic carbocycles. The predicted molar refractivity (Wildman–Crippen MR) is 72.5 cm³/mol. The number of aryl methyl sites for hydroxylation is 1. The zero-order valence-corrected chi connectivity index (χ0v) is 10.3. The van der Waals surface area contributed by atoms with E-state index in [0.29, 0.717) is 22.5 Å². The van der Waals surface area contributed by atoms with Crippen LogP contribution in [0.25, 0.3) is 0 Å². The number of nitrogens with zero attached hydrogens (tertiary/aromatic N) is 2. The number of benzene rings is 1. The zero-order valence-electron chi connectivity index (χ0n) is 10.3. The molecule has 5 heteroatoms. The molecule has 3 N–H and O–H groups in total. The summed E-state index contributed by atoms with van der Waals surface area (Å²) >= 11 is 0. The molecule has 0 radical (unpaired) electrons. The third-order valence-corrected chi connectivity index (χ3v) is 2.55. The number of pyridine rings is 1. The van der Waals surface area contributed by atoms with E-state index in [9.17, 15) is 4.79 Å². The fourth-order valence-corrected chi connectivity index (χ4v) is 1.64. The van der Waals surface area contributed by atoms with Gasteiger partial charge in [0.1, 0.15) is 6.07 Å². The fraction of sp³-hybridized carbons (Fsp3) is 0.0714. The Morgan fingerprint density at radius 3 is 2.84 bits per heavy atom. The molecule has 0 aliphatic carbocycles. The van der Waals surface area contributed by atoms with Crippen molar-refractivity contribution < 1.29 is 4.79 Å². The summed E-state index contributed by atoms with van der Waals surface area (Å²) in [5.74, 6) is -0.308. The minimum Gasteiger partial charge on any atom is -0.399 e. The molecule has 0 aliphatic rings. The smallest absolute Gasteiger partial charge is 0.257 e. The predicted octanol–water partition coefficient (Wildman–Crippen LogP) is 2.10. The van der Waals surface area contributed by atoms with Gasteiger partial charge in [-0.2, -0.15) is 5.26 Å². The van der Waals surface area contributed by atoms with Crippen LogP contribution in [0, 0.1) is 18.3 Å². The number of nitrogens with two attached hydrogens (primary N) is 1. The number of nitriles is 1. The summed E-state index contributed by atoms with van der Waals surface area (Å²) in [5.41, 5.74) is 8.17. The van der Waals surface area contributed by atoms with Crippen molar-refractivity contribution >= 4 is 17.3 Å². The highest BCUT2D eigenvalue weighted by Gasteiger charge is 2.09. The number of carbonyl (C=O) groups is 1. The minimum atomic E-state index is -0.308. The first-order valence-corrected chi connectivity index (χ1v) is 5.63. The van der Waals surface area contributed by atoms with E-state index < -0.39 is 0 Å². The topological polar surface area (TPSA) is 91.8 Å². The quantitative estimate of drug-likeness (QED) is 0.800. The molecular formula is C14H12N4O. The van der Waals surface area contributed by atoms with Crippen LogP contribution in [0.4, 0.5) is 11.4 Å². The number of hydrogen-bond acceptors (Lipinski definition) is 4. The van der Waals surface area contributed by atoms with Crippen LogP contribution in [-0.4, -0.2) is 10.9 Å². The van der Waals surface area contributed by atoms with Crippen LogP contribution in [0.3, 0.4) is 0 Å². The van der Waals surface area contributed by atoms with E-state index in [-0.39, 0.29) is 5.91 Å². The molecule has 0 spiro atoms. The second-order valence-electron chi connectivity index (χ2n) is 4.12. The second kappa shape index (κ2) is 5.19. The van der Waals surface area contributed by atoms with Crippen molar-refractivity contribution in [2.45, 2.75) is 6.92 Å². The van der Waals surface area contributed by atoms with Crippen LogP contribution in [0.2, 0.25) is 0 Å². The summed E-state index contributed by atoms with van der Waals surface area (Å²) in [6.45, 7) is 1.85. The standard InChI is InChI=1S/C14H12N4O/c1-9-4-11(8-17-7-9)14(19)18-13-3-2-12(16)5-10(13)6-15/h2-5,7-8H,16H2,1H3,(H,18,19). The van der Waals surface area contributed by atoms with Crippen molar-refractivity contribution in [2.75, 3.05) is 11.1 Å². The Hall–Kier alpha value is -2.87. The fourth-order valence-electron chi connectivity index (χ4n) is 1.64. The number of anilines is 2. The van der Waals surface area contributed by atoms with Gasteiger partial charge in [-0.25, -0.2) is 0 Å². The highest BCUT2D eigenvalue weighted by molar-refractivity contribution is 6.04. The average Bonchev–Trinajstić information content (AvgIpc) is 2.40. The van der Waals surface area contributed by atoms with E-state index in [1.165, 1.54) is 12.3 Å². The van der Waals surface area contributed by atoms with Gasteiger partial charge in [0, 0.05) is 18.1 Å². The van der Waals surface area contributed by atoms with Gasteiger partial charge in [0.15, 0.2) is 0 Å². The van der Waals surface area contributed by atoms with Crippen molar-refractivity contribution in [1.82, 2.24) is 4.98 Å². The molecule has 0 aliphatic heterocycles. The summed E-state index contributed by atoms with van der Waals surface area (Å²) < 4.78 is 0. The molecule has 19 heavy (non-hydrogen) atoms. The number of aromatic nitrogens is 1. The largest absolute Gasteiger partial charge is 0.399 e. The maximum absolute atomic E-state index is 12.0. The Labute approximate surface area is 110 Å². The highest BCUT2D eigenvalue weighted by atomic mass is 16.1. The minimum absolute atomic E-state index is 0.308. The molecule has 0 saturated carbocycles. The van der Waals surface area contributed by atoms with Crippen LogP contribution in [-0.2, 0) is 0 Å². The Bertz CT molecular complexity index is 673. The van der Waals surface area contributed by atoms with Crippen LogP contribution >= 0.6 is 0 Å². The number of nitrogens with one attached hydrogen (secondary N) is 1. The Balaban J connectivity index is 2.27. The number of hydrogen-bond donors (Lipinski definition) is 2. The van der Waals surface area contributed by atoms with Crippen LogP contribution < -0.4 is 11.1 Å². The summed E-state index contributed by atoms with van der Waals surface area (Å²) in [6, 6.07) is 8.48. The molecule has 1 aromatic heterocycles. The van der Waals surface area contributed by atoms with Gasteiger partial charge in [-0.05, 0) is 36.8 Å². The Kier molecular flexibility index (Phi) is 3.44. The van der Waals surface area contributed by atoms with Gasteiger partial charge >= 0.3 is 0 Å². The highest BCUT2D eigenvalue weighted by Crippen LogP contribution is 2.18. The van der Waals surface area contributed by atoms with Gasteiger partial charge in [0.25, 0.3) is 5.91 Å². The molecule has 0 fully saturated rings. The lowest BCUT2D eigenvalue weighted by Crippen LogP contribution is -2.13. The monoisotopic (exact) mass is 252 g/mol. The van der Waals surface area contributed by atoms with Gasteiger partial charge in [-0.3, -0.25) is 9.78 Å². The van der Waals surface area contributed by atoms with Crippen molar-refractivity contribution in [3.63, 3.8) is 0 Å². The van der Waals surface area contributed by atoms with E-state index in [1.54, 1.807) is 24.4 Å². The van der Waals surface area contributed by atoms with Gasteiger partial charge in [-0.1, -0.05) is 0 Å². The van der Waals surface area contributed by atoms with Crippen molar-refractivity contribution in [3.05, 3.63) is 53.3 Å². The maximum Gasteiger partial charge on any atom is 0.257 e. The lowest BCUT2D eigenvalue weighted by Gasteiger charge is -2.07. The summed E-state index contributed by atoms with van der Waals surface area (Å²) in [7, 11) is 0. The molecule has 1 heterocycles. The Morgan fingerprint density at radius 2 is 2.16 bits per heavy atom. The molecule has 0 bridgehead atoms. The second-order valence-corrected chi connectivity index (χ2v) is 4.12. The van der Waals surface area contributed by atoms with E-state index in [1.807, 2.05) is 13.0 Å². The maximum atomic E-state index is 12.0. The first kappa shape index (κ1) is 12.6. The molecule has 1 amide bonds. The lowest BCUT2D eigenvalue weighted by atomic mass is 10.1. The van der Waals surface area contributed by atoms with E-state index in [0.717, 1.165) is 5.56 Å². The molecule has 2 rings (SSSR count). The van der Waals surface area contributed by atoms with E-state index >= 15 is 0 Å². The number of amides is 1. The van der Waals surface area contributed by atoms with Gasteiger partial charge in [0.05, 0.1) is 16.8 Å². The SMILES string of the molecule is Cc1cncc(C(=O)Nc2ccc(N)cc2C#N)c1. The molecular weight excluding hydrogens is 240 g/mol. The molecule has 2 aromatic rings. The van der Waals surface area contributed by atoms with E-state index in [2.05, 4.69) is 10.3 Å². The Morgan fingerprint density at radius 1 is 1.37 bits per heavy atom. The van der Waals surface area contributed by atoms with Crippen LogP contribution in [0.1, 0.15) is 21.5 Å². The third-order valence-electron chi connectivity index (χ3n) is 2.55. The first-order valence-electron chi connectivity index (χ1n) is 5.63. The van der Waals surface area contributed by atoms with Gasteiger partial charge < -0.3 is 11.1 Å². The number of carbonyl (C=O) groups excluding carboxylic acids is 1. The third kappa shape index (κ3) is 2.87. The molecule has 5 nitrogen and oxygen atoms in total. The lowest BCUT2D eigenvalue weighted by molar-refractivity contribution is 0.102. The van der Waals surface area contributed by atoms with Crippen molar-refractivity contribution in [2.24, 2.45) is 0 Å². The van der Waals surface area contributed by atoms with E-state index in [4.69, 9.17) is 11.0 Å². The summed E-state index contributed by atoms with van der Waals surface area (Å²) in [4.78, 5) is 16.0. The molecule has 0 unspecified atom stereocenters. The van der Waals surface area contributed by atoms with Gasteiger partial charge in [0.2, 0.25) is 0 Å². The number of nitrogen functional groups attached to an aromatic ring is 1.